The van der Waals surface area contributed by atoms with Crippen LogP contribution in [0.5, 0.6) is 0 Å². The predicted octanol–water partition coefficient (Wildman–Crippen LogP) is 3.25. The lowest BCUT2D eigenvalue weighted by molar-refractivity contribution is 0.0939. The van der Waals surface area contributed by atoms with Gasteiger partial charge in [-0.05, 0) is 43.4 Å². The molecule has 2 rings (SSSR count). The third-order valence-corrected chi connectivity index (χ3v) is 5.13. The molecule has 0 aromatic carbocycles. The van der Waals surface area contributed by atoms with Gasteiger partial charge in [-0.1, -0.05) is 29.5 Å². The predicted molar refractivity (Wildman–Crippen MR) is 52.4 cm³/mol. The van der Waals surface area contributed by atoms with Gasteiger partial charge in [-0.25, -0.2) is 0 Å². The summed E-state index contributed by atoms with van der Waals surface area (Å²) in [6, 6.07) is 0. The average Bonchev–Trinajstić information content (AvgIpc) is 1.89. The van der Waals surface area contributed by atoms with Gasteiger partial charge in [-0.3, -0.25) is 0 Å². The molecule has 10 heavy (non-hydrogen) atoms. The molecule has 0 amide bonds. The highest BCUT2D eigenvalue weighted by Gasteiger charge is 2.38. The van der Waals surface area contributed by atoms with Gasteiger partial charge in [0.05, 0.1) is 0 Å². The van der Waals surface area contributed by atoms with Crippen LogP contribution in [0.25, 0.3) is 0 Å². The molecule has 0 aromatic heterocycles. The first kappa shape index (κ1) is 7.38. The number of hydrogen-bond acceptors (Lipinski definition) is 0. The van der Waals surface area contributed by atoms with Crippen molar-refractivity contribution in [1.82, 2.24) is 0 Å². The van der Waals surface area contributed by atoms with Crippen LogP contribution >= 0.6 is 22.6 Å². The van der Waals surface area contributed by atoms with E-state index in [1.165, 1.54) is 19.3 Å². The van der Waals surface area contributed by atoms with Gasteiger partial charge in [-0.15, -0.1) is 0 Å². The Kier molecular flexibility index (Phi) is 1.96. The van der Waals surface area contributed by atoms with E-state index in [-0.39, 0.29) is 0 Å². The van der Waals surface area contributed by atoms with Crippen molar-refractivity contribution < 1.29 is 0 Å². The Morgan fingerprint density at radius 2 is 1.70 bits per heavy atom. The van der Waals surface area contributed by atoms with Gasteiger partial charge in [0.15, 0.2) is 0 Å². The van der Waals surface area contributed by atoms with Crippen molar-refractivity contribution >= 4 is 22.6 Å². The zero-order valence-electron chi connectivity index (χ0n) is 6.52. The molecule has 0 aliphatic heterocycles. The van der Waals surface area contributed by atoms with Crippen molar-refractivity contribution in [1.29, 1.82) is 0 Å². The van der Waals surface area contributed by atoms with E-state index >= 15 is 0 Å². The van der Waals surface area contributed by atoms with Gasteiger partial charge in [0.1, 0.15) is 0 Å². The third kappa shape index (κ3) is 1.10. The summed E-state index contributed by atoms with van der Waals surface area (Å²) >= 11 is 2.64. The van der Waals surface area contributed by atoms with Gasteiger partial charge >= 0.3 is 0 Å². The maximum absolute atomic E-state index is 2.64. The standard InChI is InChI=1S/C9H15I/c1-6-4-7-2-3-8(7)5-9(6)10/h6-9H,2-5H2,1H3. The van der Waals surface area contributed by atoms with Crippen LogP contribution in [0.1, 0.15) is 32.6 Å². The first-order valence-corrected chi connectivity index (χ1v) is 5.66. The van der Waals surface area contributed by atoms with Crippen LogP contribution in [0.15, 0.2) is 0 Å². The number of rotatable bonds is 0. The highest BCUT2D eigenvalue weighted by Crippen LogP contribution is 2.48. The first-order chi connectivity index (χ1) is 4.77. The number of hydrogen-bond donors (Lipinski definition) is 0. The summed E-state index contributed by atoms with van der Waals surface area (Å²) < 4.78 is 0.985. The summed E-state index contributed by atoms with van der Waals surface area (Å²) in [5.74, 6) is 3.28. The highest BCUT2D eigenvalue weighted by atomic mass is 127. The van der Waals surface area contributed by atoms with Gasteiger partial charge in [-0.2, -0.15) is 0 Å². The highest BCUT2D eigenvalue weighted by molar-refractivity contribution is 14.1. The van der Waals surface area contributed by atoms with E-state index in [0.717, 1.165) is 21.7 Å². The Morgan fingerprint density at radius 1 is 1.10 bits per heavy atom. The third-order valence-electron chi connectivity index (χ3n) is 3.39. The van der Waals surface area contributed by atoms with Crippen LogP contribution in [-0.2, 0) is 0 Å². The fourth-order valence-corrected chi connectivity index (χ4v) is 3.35. The second-order valence-corrected chi connectivity index (χ2v) is 5.66. The Bertz CT molecular complexity index is 113. The van der Waals surface area contributed by atoms with E-state index in [1.54, 1.807) is 6.42 Å². The van der Waals surface area contributed by atoms with Crippen LogP contribution < -0.4 is 0 Å². The molecule has 2 saturated carbocycles. The fourth-order valence-electron chi connectivity index (χ4n) is 2.41. The summed E-state index contributed by atoms with van der Waals surface area (Å²) in [7, 11) is 0. The van der Waals surface area contributed by atoms with Gasteiger partial charge in [0.25, 0.3) is 0 Å². The molecular weight excluding hydrogens is 235 g/mol. The van der Waals surface area contributed by atoms with E-state index in [2.05, 4.69) is 29.5 Å². The molecule has 0 nitrogen and oxygen atoms in total. The molecule has 4 atom stereocenters. The largest absolute Gasteiger partial charge is 0.0823 e. The van der Waals surface area contributed by atoms with E-state index in [0.29, 0.717) is 0 Å². The van der Waals surface area contributed by atoms with Gasteiger partial charge in [0, 0.05) is 3.92 Å². The van der Waals surface area contributed by atoms with Crippen molar-refractivity contribution in [2.45, 2.75) is 36.5 Å². The van der Waals surface area contributed by atoms with Crippen molar-refractivity contribution in [2.75, 3.05) is 0 Å². The fraction of sp³-hybridized carbons (Fsp3) is 1.00. The normalized spacial score (nSPS) is 53.4. The quantitative estimate of drug-likeness (QED) is 0.457. The summed E-state index contributed by atoms with van der Waals surface area (Å²) in [6.07, 6.45) is 6.12. The van der Waals surface area contributed by atoms with Crippen molar-refractivity contribution in [3.63, 3.8) is 0 Å². The maximum atomic E-state index is 2.64. The Balaban J connectivity index is 1.96. The molecule has 0 bridgehead atoms. The summed E-state index contributed by atoms with van der Waals surface area (Å²) in [4.78, 5) is 0. The van der Waals surface area contributed by atoms with Gasteiger partial charge in [0.2, 0.25) is 0 Å². The smallest absolute Gasteiger partial charge is 0.0138 e. The number of alkyl halides is 1. The Morgan fingerprint density at radius 3 is 2.20 bits per heavy atom. The molecule has 2 aliphatic rings. The average molecular weight is 250 g/mol. The Labute approximate surface area is 76.9 Å². The summed E-state index contributed by atoms with van der Waals surface area (Å²) in [5.41, 5.74) is 0. The maximum Gasteiger partial charge on any atom is 0.0138 e. The van der Waals surface area contributed by atoms with E-state index in [4.69, 9.17) is 0 Å². The second-order valence-electron chi connectivity index (χ2n) is 4.06. The topological polar surface area (TPSA) is 0 Å². The molecule has 0 heterocycles. The van der Waals surface area contributed by atoms with E-state index in [9.17, 15) is 0 Å². The molecule has 0 N–H and O–H groups in total. The van der Waals surface area contributed by atoms with Crippen LogP contribution in [0.2, 0.25) is 0 Å². The Hall–Kier alpha value is 0.730. The van der Waals surface area contributed by atoms with Crippen LogP contribution in [0.4, 0.5) is 0 Å². The van der Waals surface area contributed by atoms with Crippen molar-refractivity contribution in [3.8, 4) is 0 Å². The monoisotopic (exact) mass is 250 g/mol. The molecule has 58 valence electrons. The minimum atomic E-state index is 0.985. The minimum Gasteiger partial charge on any atom is -0.0823 e. The molecule has 1 heteroatoms. The molecule has 4 unspecified atom stereocenters. The zero-order chi connectivity index (χ0) is 7.14. The second kappa shape index (κ2) is 2.65. The summed E-state index contributed by atoms with van der Waals surface area (Å²) in [6.45, 7) is 2.42. The molecule has 0 saturated heterocycles. The number of fused-ring (bicyclic) bond motifs is 1. The lowest BCUT2D eigenvalue weighted by Crippen LogP contribution is -2.37. The van der Waals surface area contributed by atoms with Gasteiger partial charge < -0.3 is 0 Å². The van der Waals surface area contributed by atoms with E-state index in [1.807, 2.05) is 0 Å². The minimum absolute atomic E-state index is 0.985. The first-order valence-electron chi connectivity index (χ1n) is 4.41. The molecule has 2 fully saturated rings. The van der Waals surface area contributed by atoms with Crippen LogP contribution in [0, 0.1) is 17.8 Å². The van der Waals surface area contributed by atoms with Crippen molar-refractivity contribution in [2.24, 2.45) is 17.8 Å². The van der Waals surface area contributed by atoms with Crippen LogP contribution in [-0.4, -0.2) is 3.92 Å². The SMILES string of the molecule is CC1CC2CCC2CC1I. The van der Waals surface area contributed by atoms with Crippen molar-refractivity contribution in [3.05, 3.63) is 0 Å². The van der Waals surface area contributed by atoms with Crippen LogP contribution in [0.3, 0.4) is 0 Å². The molecule has 0 aromatic rings. The number of halogens is 1. The van der Waals surface area contributed by atoms with E-state index < -0.39 is 0 Å². The molecule has 2 aliphatic carbocycles. The summed E-state index contributed by atoms with van der Waals surface area (Å²) in [5, 5.41) is 0. The zero-order valence-corrected chi connectivity index (χ0v) is 8.67. The molecule has 0 spiro atoms. The lowest BCUT2D eigenvalue weighted by atomic mass is 9.63. The molecule has 0 radical (unpaired) electrons. The lowest BCUT2D eigenvalue weighted by Gasteiger charge is -2.45. The molecular formula is C9H15I.